The molecule has 0 N–H and O–H groups in total. The van der Waals surface area contributed by atoms with Gasteiger partial charge in [0.05, 0.1) is 37.8 Å². The van der Waals surface area contributed by atoms with Gasteiger partial charge in [0.2, 0.25) is 11.8 Å². The van der Waals surface area contributed by atoms with Gasteiger partial charge in [-0.2, -0.15) is 0 Å². The summed E-state index contributed by atoms with van der Waals surface area (Å²) in [6.45, 7) is 7.13. The summed E-state index contributed by atoms with van der Waals surface area (Å²) in [6, 6.07) is 15.2. The molecule has 0 radical (unpaired) electrons. The minimum Gasteiger partial charge on any atom is -0.496 e. The fourth-order valence-electron chi connectivity index (χ4n) is 4.85. The van der Waals surface area contributed by atoms with Gasteiger partial charge >= 0.3 is 0 Å². The lowest BCUT2D eigenvalue weighted by Gasteiger charge is -2.45. The number of hydrogen-bond donors (Lipinski definition) is 0. The number of benzene rings is 2. The maximum atomic E-state index is 13.9. The largest absolute Gasteiger partial charge is 0.496 e. The van der Waals surface area contributed by atoms with E-state index in [1.54, 1.807) is 12.0 Å². The van der Waals surface area contributed by atoms with Crippen molar-refractivity contribution >= 4 is 17.5 Å². The van der Waals surface area contributed by atoms with Gasteiger partial charge in [-0.1, -0.05) is 35.9 Å². The van der Waals surface area contributed by atoms with Crippen molar-refractivity contribution in [2.24, 2.45) is 5.92 Å². The van der Waals surface area contributed by atoms with Crippen LogP contribution in [0.25, 0.3) is 0 Å². The fourth-order valence-corrected chi connectivity index (χ4v) is 4.85. The number of carbonyl (C=O) groups excluding carboxylic acids is 2. The summed E-state index contributed by atoms with van der Waals surface area (Å²) in [6.07, 6.45) is 0.851. The van der Waals surface area contributed by atoms with Crippen LogP contribution in [0.2, 0.25) is 0 Å². The second-order valence-electron chi connectivity index (χ2n) is 8.91. The number of para-hydroxylation sites is 1. The lowest BCUT2D eigenvalue weighted by atomic mass is 9.82. The molecule has 4 rings (SSSR count). The van der Waals surface area contributed by atoms with Crippen molar-refractivity contribution in [3.8, 4) is 5.75 Å². The minimum absolute atomic E-state index is 0.00159. The third-order valence-corrected chi connectivity index (χ3v) is 6.57. The maximum Gasteiger partial charge on any atom is 0.228 e. The van der Waals surface area contributed by atoms with Crippen molar-refractivity contribution in [3.63, 3.8) is 0 Å². The van der Waals surface area contributed by atoms with E-state index in [1.807, 2.05) is 74.2 Å². The van der Waals surface area contributed by atoms with Gasteiger partial charge in [-0.15, -0.1) is 0 Å². The number of rotatable bonds is 4. The summed E-state index contributed by atoms with van der Waals surface area (Å²) in [5, 5.41) is 0. The van der Waals surface area contributed by atoms with Crippen LogP contribution in [-0.4, -0.2) is 49.1 Å². The van der Waals surface area contributed by atoms with Crippen molar-refractivity contribution in [1.29, 1.82) is 0 Å². The molecule has 2 heterocycles. The van der Waals surface area contributed by atoms with E-state index >= 15 is 0 Å². The molecule has 2 aromatic rings. The number of hydrogen-bond acceptors (Lipinski definition) is 4. The molecule has 0 aliphatic carbocycles. The summed E-state index contributed by atoms with van der Waals surface area (Å²) >= 11 is 0. The van der Waals surface area contributed by atoms with E-state index in [-0.39, 0.29) is 29.9 Å². The molecule has 2 amide bonds. The van der Waals surface area contributed by atoms with E-state index in [0.717, 1.165) is 16.8 Å². The van der Waals surface area contributed by atoms with Crippen LogP contribution in [0.1, 0.15) is 43.9 Å². The molecule has 2 fully saturated rings. The average Bonchev–Trinajstić information content (AvgIpc) is 2.80. The van der Waals surface area contributed by atoms with Crippen LogP contribution in [0.3, 0.4) is 0 Å². The first-order chi connectivity index (χ1) is 15.4. The Kier molecular flexibility index (Phi) is 6.51. The Hall–Kier alpha value is -2.86. The average molecular weight is 437 g/mol. The zero-order chi connectivity index (χ0) is 22.8. The Balaban J connectivity index is 1.80. The molecule has 32 heavy (non-hydrogen) atoms. The summed E-state index contributed by atoms with van der Waals surface area (Å²) in [4.78, 5) is 30.9. The van der Waals surface area contributed by atoms with Crippen LogP contribution in [0.15, 0.2) is 48.5 Å². The highest BCUT2D eigenvalue weighted by molar-refractivity contribution is 5.97. The zero-order valence-corrected chi connectivity index (χ0v) is 19.3. The molecule has 0 bridgehead atoms. The molecular weight excluding hydrogens is 404 g/mol. The topological polar surface area (TPSA) is 59.1 Å². The highest BCUT2D eigenvalue weighted by Gasteiger charge is 2.45. The van der Waals surface area contributed by atoms with Gasteiger partial charge in [0.1, 0.15) is 5.75 Å². The number of nitrogens with zero attached hydrogens (tertiary/aromatic N) is 2. The molecule has 170 valence electrons. The number of ether oxygens (including phenoxy) is 2. The standard InChI is InChI=1S/C26H32N2O4/c1-17-9-11-20(12-10-17)28-24(29)14-13-22(25(28)21-7-5-6-8-23(21)31-4)26(30)27-15-19(3)32-16-18(27)2/h5-12,18-19,22,25H,13-16H2,1-4H3. The van der Waals surface area contributed by atoms with Gasteiger partial charge in [0.25, 0.3) is 0 Å². The highest BCUT2D eigenvalue weighted by Crippen LogP contribution is 2.44. The number of piperidine rings is 1. The second kappa shape index (κ2) is 9.33. The normalized spacial score (nSPS) is 26.2. The summed E-state index contributed by atoms with van der Waals surface area (Å²) in [5.74, 6) is 0.425. The van der Waals surface area contributed by atoms with E-state index in [4.69, 9.17) is 9.47 Å². The molecule has 2 saturated heterocycles. The Labute approximate surface area is 190 Å². The maximum absolute atomic E-state index is 13.9. The van der Waals surface area contributed by atoms with Gasteiger partial charge < -0.3 is 19.3 Å². The van der Waals surface area contributed by atoms with Crippen LogP contribution in [0.5, 0.6) is 5.75 Å². The van der Waals surface area contributed by atoms with Crippen LogP contribution in [0.4, 0.5) is 5.69 Å². The van der Waals surface area contributed by atoms with Gasteiger partial charge in [-0.05, 0) is 45.4 Å². The Morgan fingerprint density at radius 2 is 1.81 bits per heavy atom. The first-order valence-electron chi connectivity index (χ1n) is 11.3. The molecule has 0 aromatic heterocycles. The first-order valence-corrected chi connectivity index (χ1v) is 11.3. The number of anilines is 1. The van der Waals surface area contributed by atoms with Gasteiger partial charge in [0, 0.05) is 24.2 Å². The van der Waals surface area contributed by atoms with E-state index in [2.05, 4.69) is 0 Å². The Bertz CT molecular complexity index is 974. The number of morpholine rings is 1. The summed E-state index contributed by atoms with van der Waals surface area (Å²) < 4.78 is 11.4. The minimum atomic E-state index is -0.437. The molecule has 4 unspecified atom stereocenters. The third-order valence-electron chi connectivity index (χ3n) is 6.57. The van der Waals surface area contributed by atoms with Crippen LogP contribution >= 0.6 is 0 Å². The predicted molar refractivity (Wildman–Crippen MR) is 124 cm³/mol. The van der Waals surface area contributed by atoms with E-state index < -0.39 is 6.04 Å². The van der Waals surface area contributed by atoms with Gasteiger partial charge in [-0.25, -0.2) is 0 Å². The molecule has 0 saturated carbocycles. The molecule has 2 aliphatic heterocycles. The fraction of sp³-hybridized carbons (Fsp3) is 0.462. The summed E-state index contributed by atoms with van der Waals surface area (Å²) in [7, 11) is 1.63. The van der Waals surface area contributed by atoms with E-state index in [9.17, 15) is 9.59 Å². The van der Waals surface area contributed by atoms with Crippen LogP contribution in [0, 0.1) is 12.8 Å². The lowest BCUT2D eigenvalue weighted by Crippen LogP contribution is -2.55. The summed E-state index contributed by atoms with van der Waals surface area (Å²) in [5.41, 5.74) is 2.78. The second-order valence-corrected chi connectivity index (χ2v) is 8.91. The number of amides is 2. The molecule has 4 atom stereocenters. The molecule has 2 aliphatic rings. The Morgan fingerprint density at radius 3 is 2.53 bits per heavy atom. The van der Waals surface area contributed by atoms with Crippen LogP contribution in [-0.2, 0) is 14.3 Å². The lowest BCUT2D eigenvalue weighted by molar-refractivity contribution is -0.149. The van der Waals surface area contributed by atoms with Crippen molar-refractivity contribution in [2.45, 2.75) is 51.8 Å². The van der Waals surface area contributed by atoms with Gasteiger partial charge in [-0.3, -0.25) is 9.59 Å². The quantitative estimate of drug-likeness (QED) is 0.723. The zero-order valence-electron chi connectivity index (χ0n) is 19.3. The van der Waals surface area contributed by atoms with E-state index in [0.29, 0.717) is 31.7 Å². The molecule has 0 spiro atoms. The van der Waals surface area contributed by atoms with Gasteiger partial charge in [0.15, 0.2) is 0 Å². The Morgan fingerprint density at radius 1 is 1.09 bits per heavy atom. The predicted octanol–water partition coefficient (Wildman–Crippen LogP) is 4.12. The van der Waals surface area contributed by atoms with Crippen molar-refractivity contribution in [2.75, 3.05) is 25.2 Å². The first kappa shape index (κ1) is 22.3. The van der Waals surface area contributed by atoms with Crippen LogP contribution < -0.4 is 9.64 Å². The monoisotopic (exact) mass is 436 g/mol. The smallest absolute Gasteiger partial charge is 0.228 e. The highest BCUT2D eigenvalue weighted by atomic mass is 16.5. The number of aryl methyl sites for hydroxylation is 1. The molecule has 6 nitrogen and oxygen atoms in total. The van der Waals surface area contributed by atoms with Crippen molar-refractivity contribution in [1.82, 2.24) is 4.90 Å². The SMILES string of the molecule is COc1ccccc1C1C(C(=O)N2CC(C)OCC2C)CCC(=O)N1c1ccc(C)cc1. The number of carbonyl (C=O) groups is 2. The van der Waals surface area contributed by atoms with E-state index in [1.165, 1.54) is 0 Å². The van der Waals surface area contributed by atoms with Crippen molar-refractivity contribution in [3.05, 3.63) is 59.7 Å². The number of methoxy groups -OCH3 is 1. The molecular formula is C26H32N2O4. The molecule has 6 heteroatoms. The molecule has 2 aromatic carbocycles. The van der Waals surface area contributed by atoms with Crippen molar-refractivity contribution < 1.29 is 19.1 Å². The third kappa shape index (κ3) is 4.24.